The van der Waals surface area contributed by atoms with Crippen LogP contribution in [0.4, 0.5) is 4.79 Å². The van der Waals surface area contributed by atoms with Crippen molar-refractivity contribution in [3.63, 3.8) is 0 Å². The third-order valence-electron chi connectivity index (χ3n) is 3.17. The molecule has 1 amide bonds. The number of amides is 1. The van der Waals surface area contributed by atoms with Gasteiger partial charge < -0.3 is 15.0 Å². The van der Waals surface area contributed by atoms with Gasteiger partial charge in [0, 0.05) is 19.6 Å². The van der Waals surface area contributed by atoms with Crippen LogP contribution in [0.3, 0.4) is 0 Å². The second kappa shape index (κ2) is 6.40. The highest BCUT2D eigenvalue weighted by Gasteiger charge is 2.19. The number of hydrogen-bond acceptors (Lipinski definition) is 3. The number of hydrogen-bond donors (Lipinski definition) is 1. The van der Waals surface area contributed by atoms with Gasteiger partial charge in [0.25, 0.3) is 0 Å². The highest BCUT2D eigenvalue weighted by Crippen LogP contribution is 2.07. The Balaban J connectivity index is 1.73. The fourth-order valence-electron chi connectivity index (χ4n) is 2.15. The Morgan fingerprint density at radius 1 is 1.44 bits per heavy atom. The topological polar surface area (TPSA) is 41.6 Å². The second-order valence-corrected chi connectivity index (χ2v) is 4.71. The summed E-state index contributed by atoms with van der Waals surface area (Å²) in [6.07, 6.45) is 2.07. The SMILES string of the molecule is CN(C[C@@H]1CCCN1)C(=O)OCc1ccccc1. The zero-order valence-electron chi connectivity index (χ0n) is 10.8. The molecule has 1 aliphatic heterocycles. The third-order valence-corrected chi connectivity index (χ3v) is 3.17. The second-order valence-electron chi connectivity index (χ2n) is 4.71. The van der Waals surface area contributed by atoms with Crippen LogP contribution in [0, 0.1) is 0 Å². The monoisotopic (exact) mass is 248 g/mol. The maximum absolute atomic E-state index is 11.8. The summed E-state index contributed by atoms with van der Waals surface area (Å²) in [4.78, 5) is 13.4. The molecule has 1 fully saturated rings. The quantitative estimate of drug-likeness (QED) is 0.886. The Morgan fingerprint density at radius 2 is 2.22 bits per heavy atom. The highest BCUT2D eigenvalue weighted by atomic mass is 16.6. The van der Waals surface area contributed by atoms with Crippen LogP contribution in [-0.4, -0.2) is 37.2 Å². The Morgan fingerprint density at radius 3 is 2.89 bits per heavy atom. The first-order valence-electron chi connectivity index (χ1n) is 6.41. The van der Waals surface area contributed by atoms with Gasteiger partial charge >= 0.3 is 6.09 Å². The molecule has 1 N–H and O–H groups in total. The van der Waals surface area contributed by atoms with Gasteiger partial charge in [-0.3, -0.25) is 0 Å². The smallest absolute Gasteiger partial charge is 0.409 e. The molecule has 1 atom stereocenters. The molecule has 1 heterocycles. The summed E-state index contributed by atoms with van der Waals surface area (Å²) in [6.45, 7) is 2.10. The summed E-state index contributed by atoms with van der Waals surface area (Å²) in [7, 11) is 1.79. The van der Waals surface area contributed by atoms with Crippen molar-refractivity contribution in [3.8, 4) is 0 Å². The van der Waals surface area contributed by atoms with Crippen LogP contribution in [0.2, 0.25) is 0 Å². The van der Waals surface area contributed by atoms with E-state index in [4.69, 9.17) is 4.74 Å². The maximum Gasteiger partial charge on any atom is 0.409 e. The highest BCUT2D eigenvalue weighted by molar-refractivity contribution is 5.67. The molecular weight excluding hydrogens is 228 g/mol. The minimum absolute atomic E-state index is 0.257. The van der Waals surface area contributed by atoms with E-state index in [0.29, 0.717) is 19.2 Å². The van der Waals surface area contributed by atoms with Crippen LogP contribution >= 0.6 is 0 Å². The summed E-state index contributed by atoms with van der Waals surface area (Å²) in [5, 5.41) is 3.37. The lowest BCUT2D eigenvalue weighted by molar-refractivity contribution is 0.102. The molecule has 0 unspecified atom stereocenters. The molecule has 4 heteroatoms. The molecule has 4 nitrogen and oxygen atoms in total. The van der Waals surface area contributed by atoms with Crippen LogP contribution in [0.15, 0.2) is 30.3 Å². The molecule has 1 aromatic carbocycles. The van der Waals surface area contributed by atoms with Crippen LogP contribution in [0.5, 0.6) is 0 Å². The van der Waals surface area contributed by atoms with Crippen molar-refractivity contribution in [2.24, 2.45) is 0 Å². The summed E-state index contributed by atoms with van der Waals surface area (Å²) in [6, 6.07) is 10.1. The van der Waals surface area contributed by atoms with E-state index >= 15 is 0 Å². The lowest BCUT2D eigenvalue weighted by Crippen LogP contribution is -2.38. The van der Waals surface area contributed by atoms with Gasteiger partial charge in [0.05, 0.1) is 0 Å². The van der Waals surface area contributed by atoms with Crippen molar-refractivity contribution in [1.82, 2.24) is 10.2 Å². The average Bonchev–Trinajstić information content (AvgIpc) is 2.90. The van der Waals surface area contributed by atoms with Crippen molar-refractivity contribution in [3.05, 3.63) is 35.9 Å². The van der Waals surface area contributed by atoms with Gasteiger partial charge in [-0.15, -0.1) is 0 Å². The van der Waals surface area contributed by atoms with Crippen LogP contribution in [0.1, 0.15) is 18.4 Å². The molecule has 0 saturated carbocycles. The van der Waals surface area contributed by atoms with Gasteiger partial charge in [0.1, 0.15) is 6.61 Å². The zero-order chi connectivity index (χ0) is 12.8. The summed E-state index contributed by atoms with van der Waals surface area (Å²) < 4.78 is 5.26. The molecule has 0 aliphatic carbocycles. The Kier molecular flexibility index (Phi) is 4.59. The normalized spacial score (nSPS) is 18.6. The number of carbonyl (C=O) groups is 1. The van der Waals surface area contributed by atoms with E-state index in [0.717, 1.165) is 18.5 Å². The first-order valence-corrected chi connectivity index (χ1v) is 6.41. The van der Waals surface area contributed by atoms with Gasteiger partial charge in [0.15, 0.2) is 0 Å². The van der Waals surface area contributed by atoms with Crippen molar-refractivity contribution < 1.29 is 9.53 Å². The van der Waals surface area contributed by atoms with E-state index in [1.807, 2.05) is 30.3 Å². The van der Waals surface area contributed by atoms with Gasteiger partial charge in [-0.2, -0.15) is 0 Å². The third kappa shape index (κ3) is 3.74. The van der Waals surface area contributed by atoms with E-state index in [-0.39, 0.29) is 6.09 Å². The molecule has 0 radical (unpaired) electrons. The number of likely N-dealkylation sites (N-methyl/N-ethyl adjacent to an activating group) is 1. The molecule has 0 spiro atoms. The number of benzene rings is 1. The van der Waals surface area contributed by atoms with E-state index in [1.54, 1.807) is 11.9 Å². The van der Waals surface area contributed by atoms with Gasteiger partial charge in [-0.1, -0.05) is 30.3 Å². The number of rotatable bonds is 4. The molecule has 1 aliphatic rings. The van der Waals surface area contributed by atoms with E-state index in [1.165, 1.54) is 6.42 Å². The Hall–Kier alpha value is -1.55. The fraction of sp³-hybridized carbons (Fsp3) is 0.500. The molecule has 1 aromatic rings. The Labute approximate surface area is 108 Å². The van der Waals surface area contributed by atoms with Gasteiger partial charge in [0.2, 0.25) is 0 Å². The number of nitrogens with zero attached hydrogens (tertiary/aromatic N) is 1. The largest absolute Gasteiger partial charge is 0.445 e. The van der Waals surface area contributed by atoms with Gasteiger partial charge in [-0.25, -0.2) is 4.79 Å². The molecule has 2 rings (SSSR count). The first-order chi connectivity index (χ1) is 8.75. The molecule has 1 saturated heterocycles. The fourth-order valence-corrected chi connectivity index (χ4v) is 2.15. The molecule has 98 valence electrons. The molecular formula is C14H20N2O2. The van der Waals surface area contributed by atoms with Crippen molar-refractivity contribution in [1.29, 1.82) is 0 Å². The predicted molar refractivity (Wildman–Crippen MR) is 70.3 cm³/mol. The van der Waals surface area contributed by atoms with Crippen LogP contribution < -0.4 is 5.32 Å². The number of carbonyl (C=O) groups excluding carboxylic acids is 1. The van der Waals surface area contributed by atoms with E-state index in [2.05, 4.69) is 5.32 Å². The lowest BCUT2D eigenvalue weighted by Gasteiger charge is -2.20. The van der Waals surface area contributed by atoms with Crippen molar-refractivity contribution in [2.45, 2.75) is 25.5 Å². The average molecular weight is 248 g/mol. The lowest BCUT2D eigenvalue weighted by atomic mass is 10.2. The molecule has 18 heavy (non-hydrogen) atoms. The minimum atomic E-state index is -0.257. The zero-order valence-corrected chi connectivity index (χ0v) is 10.8. The molecule has 0 aromatic heterocycles. The van der Waals surface area contributed by atoms with Gasteiger partial charge in [-0.05, 0) is 24.9 Å². The standard InChI is InChI=1S/C14H20N2O2/c1-16(10-13-8-5-9-15-13)14(17)18-11-12-6-3-2-4-7-12/h2-4,6-7,13,15H,5,8-11H2,1H3/t13-/m0/s1. The number of nitrogens with one attached hydrogen (secondary N) is 1. The van der Waals surface area contributed by atoms with Crippen molar-refractivity contribution in [2.75, 3.05) is 20.1 Å². The molecule has 0 bridgehead atoms. The van der Waals surface area contributed by atoms with E-state index in [9.17, 15) is 4.79 Å². The van der Waals surface area contributed by atoms with E-state index < -0.39 is 0 Å². The van der Waals surface area contributed by atoms with Crippen LogP contribution in [0.25, 0.3) is 0 Å². The predicted octanol–water partition coefficient (Wildman–Crippen LogP) is 2.01. The number of ether oxygens (including phenoxy) is 1. The summed E-state index contributed by atoms with van der Waals surface area (Å²) in [5.74, 6) is 0. The minimum Gasteiger partial charge on any atom is -0.445 e. The first kappa shape index (κ1) is 12.9. The summed E-state index contributed by atoms with van der Waals surface area (Å²) in [5.41, 5.74) is 1.01. The summed E-state index contributed by atoms with van der Waals surface area (Å²) >= 11 is 0. The van der Waals surface area contributed by atoms with Crippen molar-refractivity contribution >= 4 is 6.09 Å². The Bertz CT molecular complexity index is 375. The maximum atomic E-state index is 11.8. The van der Waals surface area contributed by atoms with Crippen LogP contribution in [-0.2, 0) is 11.3 Å².